The van der Waals surface area contributed by atoms with Crippen LogP contribution in [0.4, 0.5) is 9.59 Å². The average molecular weight is 587 g/mol. The summed E-state index contributed by atoms with van der Waals surface area (Å²) in [6.45, 7) is 17.3. The monoisotopic (exact) mass is 586 g/mol. The van der Waals surface area contributed by atoms with Gasteiger partial charge in [0.05, 0.1) is 6.04 Å². The van der Waals surface area contributed by atoms with Crippen LogP contribution in [0.15, 0.2) is 42.0 Å². The number of amides is 2. The highest BCUT2D eigenvalue weighted by Gasteiger charge is 2.36. The van der Waals surface area contributed by atoms with E-state index in [1.54, 1.807) is 25.7 Å². The number of hydrogen-bond donors (Lipinski definition) is 1. The number of carbonyl (C=O) groups is 3. The fourth-order valence-corrected chi connectivity index (χ4v) is 5.65. The van der Waals surface area contributed by atoms with Crippen molar-refractivity contribution < 1.29 is 29.0 Å². The van der Waals surface area contributed by atoms with Crippen LogP contribution < -0.4 is 0 Å². The van der Waals surface area contributed by atoms with Gasteiger partial charge in [0.15, 0.2) is 0 Å². The summed E-state index contributed by atoms with van der Waals surface area (Å²) in [6.07, 6.45) is 6.62. The molecule has 0 saturated heterocycles. The Hall–Kier alpha value is -3.03. The molecule has 0 heterocycles. The minimum Gasteiger partial charge on any atom is -0.480 e. The zero-order valence-corrected chi connectivity index (χ0v) is 27.4. The molecule has 0 fully saturated rings. The normalized spacial score (nSPS) is 19.8. The highest BCUT2D eigenvalue weighted by Crippen LogP contribution is 2.42. The van der Waals surface area contributed by atoms with E-state index in [0.29, 0.717) is 18.9 Å². The highest BCUT2D eigenvalue weighted by atomic mass is 16.6. The van der Waals surface area contributed by atoms with Gasteiger partial charge >= 0.3 is 18.2 Å². The molecule has 0 aromatic heterocycles. The van der Waals surface area contributed by atoms with Crippen molar-refractivity contribution in [2.75, 3.05) is 19.6 Å². The number of carboxylic acids is 1. The number of carbonyl (C=O) groups excluding carboxylic acids is 2. The van der Waals surface area contributed by atoms with Crippen molar-refractivity contribution in [2.24, 2.45) is 11.3 Å². The standard InChI is InChI=1S/C34H54N2O6/c1-10-25-19-26(11-2)22-34(9,21-25)17-18-36(31(40)42-33(6,7)8)28(20-27-15-13-12-14-16-27)23-35(24-29(37)38)30(39)41-32(3,4)5/h12-16,21,26,28H,10-11,17-20,22-24H2,1-9H3,(H,37,38)/t26?,28-,34+/m0/s1. The van der Waals surface area contributed by atoms with Crippen LogP contribution in [0.5, 0.6) is 0 Å². The summed E-state index contributed by atoms with van der Waals surface area (Å²) in [4.78, 5) is 41.8. The van der Waals surface area contributed by atoms with E-state index in [4.69, 9.17) is 9.47 Å². The Balaban J connectivity index is 2.51. The first-order valence-corrected chi connectivity index (χ1v) is 15.4. The maximum absolute atomic E-state index is 13.8. The molecule has 42 heavy (non-hydrogen) atoms. The number of ether oxygens (including phenoxy) is 2. The van der Waals surface area contributed by atoms with Gasteiger partial charge in [-0.3, -0.25) is 9.69 Å². The predicted octanol–water partition coefficient (Wildman–Crippen LogP) is 7.71. The maximum atomic E-state index is 13.8. The van der Waals surface area contributed by atoms with Gasteiger partial charge in [0.25, 0.3) is 0 Å². The van der Waals surface area contributed by atoms with Crippen molar-refractivity contribution in [3.8, 4) is 0 Å². The van der Waals surface area contributed by atoms with E-state index in [-0.39, 0.29) is 12.0 Å². The molecule has 0 bridgehead atoms. The number of benzene rings is 1. The lowest BCUT2D eigenvalue weighted by molar-refractivity contribution is -0.138. The molecule has 1 aromatic carbocycles. The summed E-state index contributed by atoms with van der Waals surface area (Å²) >= 11 is 0. The van der Waals surface area contributed by atoms with E-state index in [9.17, 15) is 19.5 Å². The molecule has 2 rings (SSSR count). The maximum Gasteiger partial charge on any atom is 0.410 e. The van der Waals surface area contributed by atoms with Gasteiger partial charge in [0, 0.05) is 13.1 Å². The van der Waals surface area contributed by atoms with Gasteiger partial charge in [0.1, 0.15) is 17.7 Å². The molecule has 1 unspecified atom stereocenters. The van der Waals surface area contributed by atoms with Crippen LogP contribution >= 0.6 is 0 Å². The lowest BCUT2D eigenvalue weighted by Crippen LogP contribution is -2.53. The van der Waals surface area contributed by atoms with Gasteiger partial charge in [-0.05, 0) is 90.5 Å². The lowest BCUT2D eigenvalue weighted by Gasteiger charge is -2.40. The van der Waals surface area contributed by atoms with Crippen LogP contribution in [0.25, 0.3) is 0 Å². The van der Waals surface area contributed by atoms with Gasteiger partial charge in [-0.15, -0.1) is 0 Å². The van der Waals surface area contributed by atoms with E-state index in [2.05, 4.69) is 26.8 Å². The number of carboxylic acid groups (broad SMARTS) is 1. The molecule has 0 radical (unpaired) electrons. The third-order valence-corrected chi connectivity index (χ3v) is 7.61. The van der Waals surface area contributed by atoms with Crippen LogP contribution in [0.3, 0.4) is 0 Å². The van der Waals surface area contributed by atoms with Gasteiger partial charge < -0.3 is 19.5 Å². The Morgan fingerprint density at radius 2 is 1.60 bits per heavy atom. The minimum atomic E-state index is -1.15. The van der Waals surface area contributed by atoms with Crippen molar-refractivity contribution in [2.45, 2.75) is 118 Å². The summed E-state index contributed by atoms with van der Waals surface area (Å²) in [5.74, 6) is -0.552. The Labute approximate surface area is 253 Å². The molecule has 0 spiro atoms. The van der Waals surface area contributed by atoms with E-state index in [0.717, 1.165) is 37.7 Å². The zero-order chi connectivity index (χ0) is 31.7. The smallest absolute Gasteiger partial charge is 0.410 e. The molecule has 1 aromatic rings. The van der Waals surface area contributed by atoms with Gasteiger partial charge in [-0.2, -0.15) is 0 Å². The molecule has 1 aliphatic carbocycles. The fourth-order valence-electron chi connectivity index (χ4n) is 5.65. The molecular weight excluding hydrogens is 532 g/mol. The molecule has 8 nitrogen and oxygen atoms in total. The number of nitrogens with zero attached hydrogens (tertiary/aromatic N) is 2. The van der Waals surface area contributed by atoms with Gasteiger partial charge in [0.2, 0.25) is 0 Å². The lowest BCUT2D eigenvalue weighted by atomic mass is 9.69. The summed E-state index contributed by atoms with van der Waals surface area (Å²) < 4.78 is 11.5. The van der Waals surface area contributed by atoms with Crippen LogP contribution in [0.2, 0.25) is 0 Å². The summed E-state index contributed by atoms with van der Waals surface area (Å²) in [6, 6.07) is 9.18. The number of allylic oxidation sites excluding steroid dienone is 2. The Kier molecular flexibility index (Phi) is 12.5. The van der Waals surface area contributed by atoms with Crippen LogP contribution in [0.1, 0.15) is 100.0 Å². The summed E-state index contributed by atoms with van der Waals surface area (Å²) in [5, 5.41) is 9.68. The fraction of sp³-hybridized carbons (Fsp3) is 0.676. The Morgan fingerprint density at radius 1 is 1.00 bits per heavy atom. The second kappa shape index (κ2) is 14.9. The molecule has 236 valence electrons. The number of hydrogen-bond acceptors (Lipinski definition) is 5. The van der Waals surface area contributed by atoms with Gasteiger partial charge in [-0.1, -0.05) is 69.2 Å². The highest BCUT2D eigenvalue weighted by molar-refractivity contribution is 5.77. The van der Waals surface area contributed by atoms with E-state index < -0.39 is 41.9 Å². The molecular formula is C34H54N2O6. The van der Waals surface area contributed by atoms with Crippen molar-refractivity contribution >= 4 is 18.2 Å². The van der Waals surface area contributed by atoms with Crippen LogP contribution in [0, 0.1) is 11.3 Å². The number of rotatable bonds is 12. The molecule has 0 aliphatic heterocycles. The van der Waals surface area contributed by atoms with E-state index in [1.165, 1.54) is 10.5 Å². The van der Waals surface area contributed by atoms with Crippen molar-refractivity contribution in [1.29, 1.82) is 0 Å². The quantitative estimate of drug-likeness (QED) is 0.252. The second-order valence-electron chi connectivity index (χ2n) is 14.0. The van der Waals surface area contributed by atoms with Crippen molar-refractivity contribution in [3.05, 3.63) is 47.5 Å². The summed E-state index contributed by atoms with van der Waals surface area (Å²) in [7, 11) is 0. The molecule has 1 aliphatic rings. The molecule has 3 atom stereocenters. The van der Waals surface area contributed by atoms with E-state index >= 15 is 0 Å². The first-order valence-electron chi connectivity index (χ1n) is 15.4. The largest absolute Gasteiger partial charge is 0.480 e. The Bertz CT molecular complexity index is 1070. The second-order valence-corrected chi connectivity index (χ2v) is 14.0. The molecule has 8 heteroatoms. The topological polar surface area (TPSA) is 96.4 Å². The molecule has 1 N–H and O–H groups in total. The van der Waals surface area contributed by atoms with Gasteiger partial charge in [-0.25, -0.2) is 9.59 Å². The van der Waals surface area contributed by atoms with Crippen LogP contribution in [-0.4, -0.2) is 69.9 Å². The van der Waals surface area contributed by atoms with E-state index in [1.807, 2.05) is 51.1 Å². The average Bonchev–Trinajstić information content (AvgIpc) is 2.86. The molecule has 2 amide bonds. The SMILES string of the molecule is CCC1=C[C@@](C)(CCN(C(=O)OC(C)(C)C)[C@@H](Cc2ccccc2)CN(CC(=O)O)C(=O)OC(C)(C)C)CC(CC)C1. The first kappa shape index (κ1) is 35.2. The third-order valence-electron chi connectivity index (χ3n) is 7.61. The molecule has 0 saturated carbocycles. The minimum absolute atomic E-state index is 0.0142. The predicted molar refractivity (Wildman–Crippen MR) is 166 cm³/mol. The number of aliphatic carboxylic acids is 1. The Morgan fingerprint density at radius 3 is 2.12 bits per heavy atom. The summed E-state index contributed by atoms with van der Waals surface area (Å²) in [5.41, 5.74) is 0.808. The zero-order valence-electron chi connectivity index (χ0n) is 27.4. The van der Waals surface area contributed by atoms with Crippen LogP contribution in [-0.2, 0) is 20.7 Å². The first-order chi connectivity index (χ1) is 19.4. The van der Waals surface area contributed by atoms with Crippen molar-refractivity contribution in [1.82, 2.24) is 9.80 Å². The van der Waals surface area contributed by atoms with Crippen molar-refractivity contribution in [3.63, 3.8) is 0 Å². The third kappa shape index (κ3) is 12.1.